The quantitative estimate of drug-likeness (QED) is 0.0502. The Balaban J connectivity index is 1.21. The van der Waals surface area contributed by atoms with E-state index in [9.17, 15) is 34.5 Å². The monoisotopic (exact) mass is 722 g/mol. The van der Waals surface area contributed by atoms with Gasteiger partial charge < -0.3 is 51.3 Å². The first-order valence-corrected chi connectivity index (χ1v) is 16.2. The van der Waals surface area contributed by atoms with Gasteiger partial charge in [0.1, 0.15) is 19.3 Å². The maximum Gasteiger partial charge on any atom is 0.488 e. The Bertz CT molecular complexity index is 2060. The lowest BCUT2D eigenvalue weighted by Gasteiger charge is -2.20. The van der Waals surface area contributed by atoms with Crippen LogP contribution in [0.4, 0.5) is 17.5 Å². The molecule has 272 valence electrons. The summed E-state index contributed by atoms with van der Waals surface area (Å²) in [7, 11) is -1.45. The van der Waals surface area contributed by atoms with Crippen molar-refractivity contribution >= 4 is 71.6 Å². The Morgan fingerprint density at radius 2 is 1.40 bits per heavy atom. The third-order valence-electron chi connectivity index (χ3n) is 8.03. The van der Waals surface area contributed by atoms with Crippen LogP contribution in [0.1, 0.15) is 40.0 Å². The van der Waals surface area contributed by atoms with Crippen LogP contribution in [0.2, 0.25) is 0 Å². The number of aromatic nitrogens is 4. The summed E-state index contributed by atoms with van der Waals surface area (Å²) in [4.78, 5) is 57.8. The largest absolute Gasteiger partial charge is 0.488 e. The number of amides is 1. The molecule has 0 radical (unpaired) electrons. The second-order valence-corrected chi connectivity index (χ2v) is 12.0. The molecule has 9 N–H and O–H groups in total. The second-order valence-electron chi connectivity index (χ2n) is 12.0. The van der Waals surface area contributed by atoms with Crippen LogP contribution in [0.15, 0.2) is 79.0 Å². The second kappa shape index (κ2) is 17.4. The van der Waals surface area contributed by atoms with Crippen molar-refractivity contribution in [1.29, 1.82) is 0 Å². The van der Waals surface area contributed by atoms with E-state index in [0.29, 0.717) is 28.9 Å². The van der Waals surface area contributed by atoms with E-state index < -0.39 is 38.1 Å². The summed E-state index contributed by atoms with van der Waals surface area (Å²) in [5.41, 5.74) is 15.5. The molecule has 0 aliphatic heterocycles. The molecule has 0 saturated carbocycles. The topological polar surface area (TPSA) is 269 Å². The van der Waals surface area contributed by atoms with Crippen LogP contribution in [0.25, 0.3) is 11.2 Å². The Hall–Kier alpha value is -6.14. The summed E-state index contributed by atoms with van der Waals surface area (Å²) in [6.45, 7) is 0.0709. The molecule has 0 fully saturated rings. The summed E-state index contributed by atoms with van der Waals surface area (Å²) < 4.78 is 10.8. The van der Waals surface area contributed by atoms with Crippen molar-refractivity contribution in [2.45, 2.75) is 38.6 Å². The number of nitrogens with two attached hydrogens (primary N) is 2. The number of carbonyl (C=O) groups is 3. The number of nitrogen functional groups attached to an aromatic ring is 2. The number of nitrogens with zero attached hydrogens (tertiary/aromatic N) is 5. The van der Waals surface area contributed by atoms with Crippen molar-refractivity contribution in [3.8, 4) is 0 Å². The standard InChI is InChI=1S/C34H36B2N8O9/c1-44(17-25-16-39-31-29(40-25)30(37)42-34(38)43-31)26-12-6-22(7-13-26)32(46)41-27(33(47)53-19-21-4-10-24(11-5-21)36(50)51)14-15-28(45)52-18-20-2-8-23(9-3-20)35(48)49/h2-13,16,27,48-51H,14-15,17-19H2,1H3,(H,41,46)(H4,37,38,39,42,43). The average molecular weight is 722 g/mol. The average Bonchev–Trinajstić information content (AvgIpc) is 3.15. The van der Waals surface area contributed by atoms with Gasteiger partial charge in [-0.25, -0.2) is 14.8 Å². The summed E-state index contributed by atoms with van der Waals surface area (Å²) >= 11 is 0. The number of nitrogens with one attached hydrogen (secondary N) is 1. The smallest absolute Gasteiger partial charge is 0.461 e. The molecule has 0 spiro atoms. The summed E-state index contributed by atoms with van der Waals surface area (Å²) in [5.74, 6) is -1.90. The molecule has 0 aliphatic carbocycles. The van der Waals surface area contributed by atoms with Crippen LogP contribution in [0, 0.1) is 0 Å². The lowest BCUT2D eigenvalue weighted by molar-refractivity contribution is -0.148. The van der Waals surface area contributed by atoms with E-state index in [1.807, 2.05) is 11.9 Å². The molecule has 5 rings (SSSR count). The number of anilines is 3. The predicted molar refractivity (Wildman–Crippen MR) is 195 cm³/mol. The number of hydrogen-bond acceptors (Lipinski definition) is 16. The van der Waals surface area contributed by atoms with Gasteiger partial charge in [-0.15, -0.1) is 0 Å². The van der Waals surface area contributed by atoms with Gasteiger partial charge in [0.2, 0.25) is 5.95 Å². The van der Waals surface area contributed by atoms with Gasteiger partial charge in [-0.05, 0) is 52.7 Å². The number of rotatable bonds is 15. The fourth-order valence-corrected chi connectivity index (χ4v) is 5.08. The molecule has 2 aromatic heterocycles. The molecule has 2 heterocycles. The predicted octanol–water partition coefficient (Wildman–Crippen LogP) is -1.05. The first-order chi connectivity index (χ1) is 25.4. The van der Waals surface area contributed by atoms with E-state index in [4.69, 9.17) is 20.9 Å². The van der Waals surface area contributed by atoms with Gasteiger partial charge in [-0.2, -0.15) is 9.97 Å². The Morgan fingerprint density at radius 3 is 1.98 bits per heavy atom. The Labute approximate surface area is 303 Å². The van der Waals surface area contributed by atoms with Gasteiger partial charge >= 0.3 is 26.2 Å². The number of benzene rings is 3. The van der Waals surface area contributed by atoms with Crippen LogP contribution in [0.5, 0.6) is 0 Å². The molecule has 0 bridgehead atoms. The highest BCUT2D eigenvalue weighted by atomic mass is 16.5. The highest BCUT2D eigenvalue weighted by Gasteiger charge is 2.25. The molecular weight excluding hydrogens is 686 g/mol. The minimum absolute atomic E-state index is 0.00226. The summed E-state index contributed by atoms with van der Waals surface area (Å²) in [5, 5.41) is 39.8. The van der Waals surface area contributed by atoms with E-state index in [1.165, 1.54) is 24.3 Å². The molecule has 1 amide bonds. The van der Waals surface area contributed by atoms with Crippen LogP contribution in [-0.4, -0.2) is 85.2 Å². The molecule has 53 heavy (non-hydrogen) atoms. The number of ether oxygens (including phenoxy) is 2. The minimum atomic E-state index is -1.65. The highest BCUT2D eigenvalue weighted by molar-refractivity contribution is 6.58. The number of carbonyl (C=O) groups excluding carboxylic acids is 3. The molecule has 17 nitrogen and oxygen atoms in total. The fraction of sp³-hybridized carbons (Fsp3) is 0.206. The molecule has 0 aliphatic rings. The Kier molecular flexibility index (Phi) is 12.5. The van der Waals surface area contributed by atoms with Gasteiger partial charge in [0.05, 0.1) is 18.4 Å². The third kappa shape index (κ3) is 10.5. The van der Waals surface area contributed by atoms with Crippen molar-refractivity contribution in [3.05, 3.63) is 101 Å². The molecule has 1 atom stereocenters. The zero-order valence-corrected chi connectivity index (χ0v) is 28.5. The van der Waals surface area contributed by atoms with E-state index in [1.54, 1.807) is 54.7 Å². The van der Waals surface area contributed by atoms with E-state index >= 15 is 0 Å². The van der Waals surface area contributed by atoms with E-state index in [-0.39, 0.29) is 60.0 Å². The lowest BCUT2D eigenvalue weighted by Crippen LogP contribution is -2.42. The maximum atomic E-state index is 13.3. The van der Waals surface area contributed by atoms with Gasteiger partial charge in [-0.1, -0.05) is 48.5 Å². The molecule has 3 aromatic carbocycles. The Morgan fingerprint density at radius 1 is 0.811 bits per heavy atom. The molecule has 5 aromatic rings. The number of fused-ring (bicyclic) bond motifs is 1. The highest BCUT2D eigenvalue weighted by Crippen LogP contribution is 2.19. The first kappa shape index (κ1) is 38.1. The number of hydrogen-bond donors (Lipinski definition) is 7. The summed E-state index contributed by atoms with van der Waals surface area (Å²) in [6.07, 6.45) is 1.19. The van der Waals surface area contributed by atoms with Gasteiger partial charge in [0.25, 0.3) is 5.91 Å². The zero-order chi connectivity index (χ0) is 38.1. The van der Waals surface area contributed by atoms with E-state index in [0.717, 1.165) is 5.69 Å². The van der Waals surface area contributed by atoms with Crippen molar-refractivity contribution < 1.29 is 44.0 Å². The lowest BCUT2D eigenvalue weighted by atomic mass is 9.80. The van der Waals surface area contributed by atoms with Crippen LogP contribution >= 0.6 is 0 Å². The number of esters is 2. The molecular formula is C34H36B2N8O9. The molecule has 19 heteroatoms. The van der Waals surface area contributed by atoms with Gasteiger partial charge in [-0.3, -0.25) is 9.59 Å². The summed E-state index contributed by atoms with van der Waals surface area (Å²) in [6, 6.07) is 17.6. The van der Waals surface area contributed by atoms with E-state index in [2.05, 4.69) is 25.3 Å². The zero-order valence-electron chi connectivity index (χ0n) is 28.5. The van der Waals surface area contributed by atoms with Gasteiger partial charge in [0, 0.05) is 24.7 Å². The SMILES string of the molecule is CN(Cc1cnc2nc(N)nc(N)c2n1)c1ccc(C(=O)NC(CCC(=O)OCc2ccc(B(O)O)cc2)C(=O)OCc2ccc(B(O)O)cc2)cc1. The van der Waals surface area contributed by atoms with Crippen molar-refractivity contribution in [2.24, 2.45) is 0 Å². The van der Waals surface area contributed by atoms with Crippen molar-refractivity contribution in [3.63, 3.8) is 0 Å². The minimum Gasteiger partial charge on any atom is -0.461 e. The first-order valence-electron chi connectivity index (χ1n) is 16.2. The van der Waals surface area contributed by atoms with Crippen LogP contribution in [-0.2, 0) is 38.8 Å². The fourth-order valence-electron chi connectivity index (χ4n) is 5.08. The van der Waals surface area contributed by atoms with Crippen LogP contribution in [0.3, 0.4) is 0 Å². The van der Waals surface area contributed by atoms with Crippen molar-refractivity contribution in [2.75, 3.05) is 23.4 Å². The van der Waals surface area contributed by atoms with Crippen molar-refractivity contribution in [1.82, 2.24) is 25.3 Å². The normalized spacial score (nSPS) is 11.4. The molecule has 0 saturated heterocycles. The molecule has 1 unspecified atom stereocenters. The maximum absolute atomic E-state index is 13.3. The van der Waals surface area contributed by atoms with Crippen LogP contribution < -0.4 is 32.6 Å². The third-order valence-corrected chi connectivity index (χ3v) is 8.03. The van der Waals surface area contributed by atoms with Gasteiger partial charge in [0.15, 0.2) is 17.0 Å².